The van der Waals surface area contributed by atoms with E-state index in [1.165, 1.54) is 0 Å². The zero-order valence-electron chi connectivity index (χ0n) is 9.55. The molecule has 1 amide bonds. The van der Waals surface area contributed by atoms with Crippen LogP contribution in [0.15, 0.2) is 0 Å². The molecule has 1 fully saturated rings. The molecular weight excluding hydrogens is 176 g/mol. The summed E-state index contributed by atoms with van der Waals surface area (Å²) in [6.45, 7) is 6.76. The standard InChI is InChI=1S/C11H22N2O/c1-4-8-13(9-6-7-9)10(14)11(3,12)5-2/h9H,4-8,12H2,1-3H3. The number of nitrogens with two attached hydrogens (primary N) is 1. The Balaban J connectivity index is 2.62. The maximum Gasteiger partial charge on any atom is 0.242 e. The Morgan fingerprint density at radius 2 is 2.07 bits per heavy atom. The Morgan fingerprint density at radius 3 is 2.43 bits per heavy atom. The van der Waals surface area contributed by atoms with E-state index in [-0.39, 0.29) is 5.91 Å². The second kappa shape index (κ2) is 4.30. The van der Waals surface area contributed by atoms with Gasteiger partial charge >= 0.3 is 0 Å². The predicted molar refractivity (Wildman–Crippen MR) is 57.9 cm³/mol. The van der Waals surface area contributed by atoms with Crippen molar-refractivity contribution in [2.45, 2.75) is 58.0 Å². The minimum atomic E-state index is -0.669. The number of hydrogen-bond acceptors (Lipinski definition) is 2. The van der Waals surface area contributed by atoms with Crippen LogP contribution >= 0.6 is 0 Å². The number of rotatable bonds is 5. The van der Waals surface area contributed by atoms with Crippen LogP contribution in [0.3, 0.4) is 0 Å². The highest BCUT2D eigenvalue weighted by Crippen LogP contribution is 2.29. The third kappa shape index (κ3) is 2.47. The highest BCUT2D eigenvalue weighted by Gasteiger charge is 2.38. The van der Waals surface area contributed by atoms with Crippen LogP contribution in [-0.4, -0.2) is 28.9 Å². The number of nitrogens with zero attached hydrogens (tertiary/aromatic N) is 1. The highest BCUT2D eigenvalue weighted by atomic mass is 16.2. The first kappa shape index (κ1) is 11.5. The monoisotopic (exact) mass is 198 g/mol. The van der Waals surface area contributed by atoms with Gasteiger partial charge in [-0.05, 0) is 32.6 Å². The van der Waals surface area contributed by atoms with Gasteiger partial charge < -0.3 is 10.6 Å². The lowest BCUT2D eigenvalue weighted by molar-refractivity contribution is -0.137. The smallest absolute Gasteiger partial charge is 0.242 e. The van der Waals surface area contributed by atoms with Crippen molar-refractivity contribution in [2.75, 3.05) is 6.54 Å². The molecule has 3 nitrogen and oxygen atoms in total. The lowest BCUT2D eigenvalue weighted by Gasteiger charge is -2.31. The topological polar surface area (TPSA) is 46.3 Å². The number of carbonyl (C=O) groups excluding carboxylic acids is 1. The molecule has 3 heteroatoms. The fourth-order valence-corrected chi connectivity index (χ4v) is 1.56. The van der Waals surface area contributed by atoms with Crippen molar-refractivity contribution in [3.63, 3.8) is 0 Å². The molecule has 1 unspecified atom stereocenters. The van der Waals surface area contributed by atoms with Gasteiger partial charge in [-0.3, -0.25) is 4.79 Å². The minimum Gasteiger partial charge on any atom is -0.338 e. The number of carbonyl (C=O) groups is 1. The summed E-state index contributed by atoms with van der Waals surface area (Å²) < 4.78 is 0. The lowest BCUT2D eigenvalue weighted by atomic mass is 9.98. The Bertz CT molecular complexity index is 209. The van der Waals surface area contributed by atoms with Gasteiger partial charge in [0.15, 0.2) is 0 Å². The van der Waals surface area contributed by atoms with E-state index >= 15 is 0 Å². The molecule has 0 aromatic carbocycles. The first-order valence-electron chi connectivity index (χ1n) is 5.63. The van der Waals surface area contributed by atoms with Crippen molar-refractivity contribution < 1.29 is 4.79 Å². The van der Waals surface area contributed by atoms with E-state index in [0.29, 0.717) is 12.5 Å². The molecule has 0 heterocycles. The molecule has 0 bridgehead atoms. The van der Waals surface area contributed by atoms with E-state index in [9.17, 15) is 4.79 Å². The summed E-state index contributed by atoms with van der Waals surface area (Å²) in [6, 6.07) is 0.483. The zero-order valence-corrected chi connectivity index (χ0v) is 9.55. The molecule has 0 aromatic rings. The van der Waals surface area contributed by atoms with Gasteiger partial charge in [0.1, 0.15) is 0 Å². The largest absolute Gasteiger partial charge is 0.338 e. The molecule has 1 aliphatic carbocycles. The van der Waals surface area contributed by atoms with Crippen LogP contribution < -0.4 is 5.73 Å². The summed E-state index contributed by atoms with van der Waals surface area (Å²) in [6.07, 6.45) is 4.04. The molecule has 0 radical (unpaired) electrons. The molecular formula is C11H22N2O. The second-order valence-electron chi connectivity index (χ2n) is 4.50. The summed E-state index contributed by atoms with van der Waals surface area (Å²) in [5, 5.41) is 0. The molecule has 1 atom stereocenters. The van der Waals surface area contributed by atoms with E-state index in [1.807, 2.05) is 18.7 Å². The molecule has 1 rings (SSSR count). The molecule has 1 saturated carbocycles. The van der Waals surface area contributed by atoms with Gasteiger partial charge in [-0.1, -0.05) is 13.8 Å². The zero-order chi connectivity index (χ0) is 10.8. The average Bonchev–Trinajstić information content (AvgIpc) is 2.96. The van der Waals surface area contributed by atoms with Gasteiger partial charge in [-0.15, -0.1) is 0 Å². The van der Waals surface area contributed by atoms with Crippen molar-refractivity contribution in [1.29, 1.82) is 0 Å². The van der Waals surface area contributed by atoms with E-state index in [2.05, 4.69) is 6.92 Å². The predicted octanol–water partition coefficient (Wildman–Crippen LogP) is 1.51. The van der Waals surface area contributed by atoms with E-state index in [4.69, 9.17) is 5.73 Å². The van der Waals surface area contributed by atoms with Gasteiger partial charge in [-0.25, -0.2) is 0 Å². The summed E-state index contributed by atoms with van der Waals surface area (Å²) in [7, 11) is 0. The van der Waals surface area contributed by atoms with Gasteiger partial charge in [-0.2, -0.15) is 0 Å². The highest BCUT2D eigenvalue weighted by molar-refractivity contribution is 5.86. The number of amides is 1. The SMILES string of the molecule is CCCN(C(=O)C(C)(N)CC)C1CC1. The molecule has 82 valence electrons. The molecule has 0 aliphatic heterocycles. The summed E-state index contributed by atoms with van der Waals surface area (Å²) in [5.41, 5.74) is 5.30. The maximum atomic E-state index is 12.1. The Labute approximate surface area is 86.6 Å². The first-order chi connectivity index (χ1) is 6.53. The van der Waals surface area contributed by atoms with Crippen LogP contribution in [0.2, 0.25) is 0 Å². The Hall–Kier alpha value is -0.570. The molecule has 0 aromatic heterocycles. The van der Waals surface area contributed by atoms with Crippen molar-refractivity contribution in [2.24, 2.45) is 5.73 Å². The molecule has 14 heavy (non-hydrogen) atoms. The summed E-state index contributed by atoms with van der Waals surface area (Å²) in [4.78, 5) is 14.0. The molecule has 0 saturated heterocycles. The van der Waals surface area contributed by atoms with Crippen molar-refractivity contribution >= 4 is 5.91 Å². The number of hydrogen-bond donors (Lipinski definition) is 1. The maximum absolute atomic E-state index is 12.1. The van der Waals surface area contributed by atoms with Crippen LogP contribution in [0, 0.1) is 0 Å². The normalized spacial score (nSPS) is 20.3. The van der Waals surface area contributed by atoms with Gasteiger partial charge in [0, 0.05) is 12.6 Å². The molecule has 0 spiro atoms. The third-order valence-corrected chi connectivity index (χ3v) is 2.94. The molecule has 2 N–H and O–H groups in total. The van der Waals surface area contributed by atoms with Crippen LogP contribution in [0.4, 0.5) is 0 Å². The second-order valence-corrected chi connectivity index (χ2v) is 4.50. The summed E-state index contributed by atoms with van der Waals surface area (Å²) >= 11 is 0. The van der Waals surface area contributed by atoms with Crippen LogP contribution in [0.1, 0.15) is 46.5 Å². The van der Waals surface area contributed by atoms with Crippen molar-refractivity contribution in [3.05, 3.63) is 0 Å². The Morgan fingerprint density at radius 1 is 1.50 bits per heavy atom. The van der Waals surface area contributed by atoms with Crippen LogP contribution in [0.5, 0.6) is 0 Å². The van der Waals surface area contributed by atoms with Gasteiger partial charge in [0.05, 0.1) is 5.54 Å². The third-order valence-electron chi connectivity index (χ3n) is 2.94. The fourth-order valence-electron chi connectivity index (χ4n) is 1.56. The Kier molecular flexibility index (Phi) is 3.53. The lowest BCUT2D eigenvalue weighted by Crippen LogP contribution is -2.53. The van der Waals surface area contributed by atoms with E-state index in [0.717, 1.165) is 25.8 Å². The first-order valence-corrected chi connectivity index (χ1v) is 5.63. The van der Waals surface area contributed by atoms with Crippen LogP contribution in [-0.2, 0) is 4.79 Å². The van der Waals surface area contributed by atoms with E-state index < -0.39 is 5.54 Å². The van der Waals surface area contributed by atoms with Gasteiger partial charge in [0.2, 0.25) is 5.91 Å². The van der Waals surface area contributed by atoms with Crippen LogP contribution in [0.25, 0.3) is 0 Å². The fraction of sp³-hybridized carbons (Fsp3) is 0.909. The van der Waals surface area contributed by atoms with Crippen molar-refractivity contribution in [3.8, 4) is 0 Å². The van der Waals surface area contributed by atoms with Crippen molar-refractivity contribution in [1.82, 2.24) is 4.90 Å². The average molecular weight is 198 g/mol. The minimum absolute atomic E-state index is 0.129. The summed E-state index contributed by atoms with van der Waals surface area (Å²) in [5.74, 6) is 0.129. The molecule has 1 aliphatic rings. The quantitative estimate of drug-likeness (QED) is 0.728. The van der Waals surface area contributed by atoms with Gasteiger partial charge in [0.25, 0.3) is 0 Å². The van der Waals surface area contributed by atoms with E-state index in [1.54, 1.807) is 0 Å².